The minimum Gasteiger partial charge on any atom is -0.372 e. The molecule has 0 saturated carbocycles. The summed E-state index contributed by atoms with van der Waals surface area (Å²) in [5, 5.41) is 14.4. The van der Waals surface area contributed by atoms with Gasteiger partial charge < -0.3 is 15.7 Å². The van der Waals surface area contributed by atoms with Gasteiger partial charge in [-0.3, -0.25) is 4.79 Å². The number of carbonyl (C=O) groups is 1. The molecule has 0 bridgehead atoms. The number of alkyl halides is 6. The summed E-state index contributed by atoms with van der Waals surface area (Å²) in [6, 6.07) is 11.5. The van der Waals surface area contributed by atoms with Gasteiger partial charge in [0.25, 0.3) is 5.60 Å². The van der Waals surface area contributed by atoms with Gasteiger partial charge in [0, 0.05) is 12.5 Å². The van der Waals surface area contributed by atoms with Crippen molar-refractivity contribution >= 4 is 5.91 Å². The second-order valence-corrected chi connectivity index (χ2v) is 10.1. The number of nitrogens with one attached hydrogen (secondary N) is 2. The van der Waals surface area contributed by atoms with Gasteiger partial charge in [0.2, 0.25) is 5.91 Å². The Morgan fingerprint density at radius 3 is 1.85 bits per heavy atom. The van der Waals surface area contributed by atoms with E-state index in [1.807, 2.05) is 5.32 Å². The number of aliphatic hydroxyl groups is 1. The van der Waals surface area contributed by atoms with Crippen molar-refractivity contribution < 1.29 is 45.0 Å². The van der Waals surface area contributed by atoms with Crippen LogP contribution < -0.4 is 10.6 Å². The van der Waals surface area contributed by atoms with Crippen LogP contribution in [0.4, 0.5) is 35.1 Å². The van der Waals surface area contributed by atoms with Crippen LogP contribution in [0.2, 0.25) is 0 Å². The highest BCUT2D eigenvalue weighted by Crippen LogP contribution is 2.46. The summed E-state index contributed by atoms with van der Waals surface area (Å²) < 4.78 is 112. The molecule has 222 valence electrons. The van der Waals surface area contributed by atoms with Gasteiger partial charge in [-0.15, -0.1) is 0 Å². The highest BCUT2D eigenvalue weighted by Gasteiger charge is 2.75. The molecule has 0 fully saturated rings. The maximum atomic E-state index is 14.7. The maximum Gasteiger partial charge on any atom is 0.428 e. The maximum absolute atomic E-state index is 14.7. The van der Waals surface area contributed by atoms with Crippen LogP contribution in [0.15, 0.2) is 72.8 Å². The van der Waals surface area contributed by atoms with Crippen LogP contribution in [0.3, 0.4) is 0 Å². The van der Waals surface area contributed by atoms with Crippen LogP contribution in [0.5, 0.6) is 0 Å². The molecule has 0 spiro atoms. The Hall–Kier alpha value is -3.51. The largest absolute Gasteiger partial charge is 0.428 e. The number of amides is 1. The number of rotatable bonds is 9. The second kappa shape index (κ2) is 11.8. The van der Waals surface area contributed by atoms with Crippen LogP contribution in [-0.2, 0) is 16.8 Å². The highest BCUT2D eigenvalue weighted by molar-refractivity contribution is 5.85. The molecule has 3 rings (SSSR count). The van der Waals surface area contributed by atoms with E-state index in [-0.39, 0.29) is 17.5 Å². The van der Waals surface area contributed by atoms with E-state index in [9.17, 15) is 45.0 Å². The molecule has 0 aliphatic rings. The zero-order chi connectivity index (χ0) is 30.8. The van der Waals surface area contributed by atoms with Gasteiger partial charge in [-0.1, -0.05) is 62.4 Å². The third kappa shape index (κ3) is 6.70. The first-order valence-corrected chi connectivity index (χ1v) is 12.4. The molecule has 0 aliphatic heterocycles. The molecule has 3 N–H and O–H groups in total. The van der Waals surface area contributed by atoms with Gasteiger partial charge in [0.15, 0.2) is 0 Å². The van der Waals surface area contributed by atoms with Crippen molar-refractivity contribution in [2.24, 2.45) is 0 Å². The third-order valence-electron chi connectivity index (χ3n) is 6.56. The van der Waals surface area contributed by atoms with Crippen LogP contribution in [0.25, 0.3) is 0 Å². The van der Waals surface area contributed by atoms with Gasteiger partial charge in [-0.05, 0) is 53.4 Å². The molecule has 0 radical (unpaired) electrons. The molecule has 3 aromatic carbocycles. The number of hydrogen-bond donors (Lipinski definition) is 3. The molecular formula is C29H28F8N2O2. The van der Waals surface area contributed by atoms with Crippen molar-refractivity contribution in [3.63, 3.8) is 0 Å². The van der Waals surface area contributed by atoms with Gasteiger partial charge in [0.1, 0.15) is 17.7 Å². The third-order valence-corrected chi connectivity index (χ3v) is 6.56. The smallest absolute Gasteiger partial charge is 0.372 e. The van der Waals surface area contributed by atoms with Gasteiger partial charge >= 0.3 is 12.4 Å². The van der Waals surface area contributed by atoms with Crippen LogP contribution >= 0.6 is 0 Å². The number of halogens is 8. The zero-order valence-electron chi connectivity index (χ0n) is 22.2. The number of hydrogen-bond acceptors (Lipinski definition) is 3. The molecule has 0 aliphatic carbocycles. The number of benzene rings is 3. The molecule has 4 nitrogen and oxygen atoms in total. The summed E-state index contributed by atoms with van der Waals surface area (Å²) in [4.78, 5) is 13.7. The predicted molar refractivity (Wildman–Crippen MR) is 136 cm³/mol. The highest BCUT2D eigenvalue weighted by atomic mass is 19.4. The Morgan fingerprint density at radius 2 is 1.37 bits per heavy atom. The first-order valence-electron chi connectivity index (χ1n) is 12.4. The van der Waals surface area contributed by atoms with Gasteiger partial charge in [-0.2, -0.15) is 26.3 Å². The molecule has 1 amide bonds. The quantitative estimate of drug-likeness (QED) is 0.265. The average molecular weight is 589 g/mol. The monoisotopic (exact) mass is 588 g/mol. The van der Waals surface area contributed by atoms with Gasteiger partial charge in [0.05, 0.1) is 5.54 Å². The van der Waals surface area contributed by atoms with E-state index in [2.05, 4.69) is 5.32 Å². The zero-order valence-corrected chi connectivity index (χ0v) is 22.2. The summed E-state index contributed by atoms with van der Waals surface area (Å²) in [5.74, 6) is -3.39. The van der Waals surface area contributed by atoms with Crippen molar-refractivity contribution in [3.8, 4) is 0 Å². The van der Waals surface area contributed by atoms with Crippen molar-refractivity contribution in [2.75, 3.05) is 0 Å². The molecule has 0 saturated heterocycles. The van der Waals surface area contributed by atoms with Crippen molar-refractivity contribution in [1.82, 2.24) is 10.6 Å². The SMILES string of the molecule is Cc1cc(F)cc([C@](Cc2ccccc2)(NC(=O)[C@@H](NC(C)C)C(O)(C(F)(F)F)C(F)(F)F)c2ccc(F)cc2)c1. The second-order valence-electron chi connectivity index (χ2n) is 10.1. The van der Waals surface area contributed by atoms with E-state index < -0.39 is 53.1 Å². The first-order chi connectivity index (χ1) is 18.9. The molecule has 12 heteroatoms. The lowest BCUT2D eigenvalue weighted by molar-refractivity contribution is -0.373. The normalized spacial score (nSPS) is 15.0. The Kier molecular flexibility index (Phi) is 9.19. The number of carbonyl (C=O) groups excluding carboxylic acids is 1. The van der Waals surface area contributed by atoms with Crippen molar-refractivity contribution in [3.05, 3.63) is 107 Å². The van der Waals surface area contributed by atoms with E-state index in [0.717, 1.165) is 24.3 Å². The average Bonchev–Trinajstić information content (AvgIpc) is 2.85. The Bertz CT molecular complexity index is 1310. The van der Waals surface area contributed by atoms with E-state index in [4.69, 9.17) is 0 Å². The van der Waals surface area contributed by atoms with E-state index in [1.165, 1.54) is 39.0 Å². The molecule has 0 heterocycles. The fourth-order valence-electron chi connectivity index (χ4n) is 4.67. The summed E-state index contributed by atoms with van der Waals surface area (Å²) in [5.41, 5.74) is -6.75. The van der Waals surface area contributed by atoms with Crippen molar-refractivity contribution in [2.45, 2.75) is 62.8 Å². The minimum absolute atomic E-state index is 0.0342. The number of aryl methyl sites for hydroxylation is 1. The standard InChI is InChI=1S/C29H28F8N2O2/c1-17(2)38-24(27(41,28(32,33)34)29(35,36)37)25(40)39-26(16-19-7-5-4-6-8-19,20-9-11-22(30)12-10-20)21-13-18(3)14-23(31)15-21/h4-15,17,24,38,41H,16H2,1-3H3,(H,39,40)/t24-,26-/m1/s1. The molecule has 2 atom stereocenters. The Labute approximate surface area is 231 Å². The lowest BCUT2D eigenvalue weighted by atomic mass is 9.76. The lowest BCUT2D eigenvalue weighted by Gasteiger charge is -2.42. The minimum atomic E-state index is -6.33. The summed E-state index contributed by atoms with van der Waals surface area (Å²) >= 11 is 0. The Balaban J connectivity index is 2.34. The summed E-state index contributed by atoms with van der Waals surface area (Å²) in [6.45, 7) is 3.89. The lowest BCUT2D eigenvalue weighted by Crippen LogP contribution is -2.73. The Morgan fingerprint density at radius 1 is 0.805 bits per heavy atom. The van der Waals surface area contributed by atoms with Crippen LogP contribution in [0, 0.1) is 18.6 Å². The van der Waals surface area contributed by atoms with E-state index in [0.29, 0.717) is 11.1 Å². The fourth-order valence-corrected chi connectivity index (χ4v) is 4.67. The van der Waals surface area contributed by atoms with Crippen molar-refractivity contribution in [1.29, 1.82) is 0 Å². The summed E-state index contributed by atoms with van der Waals surface area (Å²) in [6.07, 6.45) is -13.0. The molecule has 0 aromatic heterocycles. The first kappa shape index (κ1) is 32.0. The molecule has 41 heavy (non-hydrogen) atoms. The fraction of sp³-hybridized carbons (Fsp3) is 0.345. The van der Waals surface area contributed by atoms with Crippen LogP contribution in [0.1, 0.15) is 36.1 Å². The molecule has 0 unspecified atom stereocenters. The molecule has 3 aromatic rings. The molecular weight excluding hydrogens is 560 g/mol. The summed E-state index contributed by atoms with van der Waals surface area (Å²) in [7, 11) is 0. The van der Waals surface area contributed by atoms with E-state index in [1.54, 1.807) is 30.3 Å². The van der Waals surface area contributed by atoms with E-state index >= 15 is 0 Å². The van der Waals surface area contributed by atoms with Gasteiger partial charge in [-0.25, -0.2) is 8.78 Å². The topological polar surface area (TPSA) is 61.4 Å². The van der Waals surface area contributed by atoms with Crippen LogP contribution in [-0.4, -0.2) is 41.1 Å². The predicted octanol–water partition coefficient (Wildman–Crippen LogP) is 6.10.